The van der Waals surface area contributed by atoms with Crippen LogP contribution < -0.4 is 4.72 Å². The molecule has 0 aliphatic rings. The lowest BCUT2D eigenvalue weighted by molar-refractivity contribution is 0.0601. The molecule has 0 bridgehead atoms. The van der Waals surface area contributed by atoms with Crippen LogP contribution in [0.25, 0.3) is 0 Å². The van der Waals surface area contributed by atoms with Crippen molar-refractivity contribution in [1.82, 2.24) is 0 Å². The van der Waals surface area contributed by atoms with E-state index >= 15 is 0 Å². The number of anilines is 1. The van der Waals surface area contributed by atoms with Crippen LogP contribution >= 0.6 is 23.2 Å². The molecule has 5 nitrogen and oxygen atoms in total. The quantitative estimate of drug-likeness (QED) is 0.824. The molecule has 0 spiro atoms. The van der Waals surface area contributed by atoms with Gasteiger partial charge < -0.3 is 4.74 Å². The Balaban J connectivity index is 2.37. The molecule has 0 radical (unpaired) electrons. The molecule has 0 aliphatic carbocycles. The summed E-state index contributed by atoms with van der Waals surface area (Å²) in [6, 6.07) is 6.95. The van der Waals surface area contributed by atoms with Crippen LogP contribution in [0.4, 0.5) is 10.1 Å². The molecular weight excluding hydrogens is 368 g/mol. The first-order valence-electron chi connectivity index (χ1n) is 6.10. The van der Waals surface area contributed by atoms with Crippen molar-refractivity contribution in [2.24, 2.45) is 0 Å². The summed E-state index contributed by atoms with van der Waals surface area (Å²) in [6.07, 6.45) is 0. The third kappa shape index (κ3) is 3.93. The monoisotopic (exact) mass is 377 g/mol. The van der Waals surface area contributed by atoms with Gasteiger partial charge in [0.05, 0.1) is 27.6 Å². The fourth-order valence-corrected chi connectivity index (χ4v) is 3.23. The summed E-state index contributed by atoms with van der Waals surface area (Å²) in [5.74, 6) is -1.44. The first-order chi connectivity index (χ1) is 10.7. The summed E-state index contributed by atoms with van der Waals surface area (Å²) in [5.41, 5.74) is 0.0988. The van der Waals surface area contributed by atoms with Crippen LogP contribution in [-0.2, 0) is 14.8 Å². The molecule has 9 heteroatoms. The Bertz CT molecular complexity index is 871. The molecule has 122 valence electrons. The van der Waals surface area contributed by atoms with E-state index in [4.69, 9.17) is 23.2 Å². The maximum atomic E-state index is 13.1. The van der Waals surface area contributed by atoms with Gasteiger partial charge in [0.15, 0.2) is 0 Å². The summed E-state index contributed by atoms with van der Waals surface area (Å²) in [7, 11) is -2.83. The Morgan fingerprint density at radius 1 is 1.13 bits per heavy atom. The first-order valence-corrected chi connectivity index (χ1v) is 8.34. The molecule has 1 N–H and O–H groups in total. The minimum absolute atomic E-state index is 0.00602. The van der Waals surface area contributed by atoms with E-state index in [2.05, 4.69) is 9.46 Å². The third-order valence-corrected chi connectivity index (χ3v) is 4.82. The van der Waals surface area contributed by atoms with Gasteiger partial charge >= 0.3 is 5.97 Å². The molecular formula is C14H10Cl2FNO4S. The Morgan fingerprint density at radius 2 is 1.83 bits per heavy atom. The number of ether oxygens (including phenoxy) is 1. The summed E-state index contributed by atoms with van der Waals surface area (Å²) in [4.78, 5) is 11.3. The number of esters is 1. The number of carbonyl (C=O) groups is 1. The predicted molar refractivity (Wildman–Crippen MR) is 85.0 cm³/mol. The zero-order valence-electron chi connectivity index (χ0n) is 11.6. The van der Waals surface area contributed by atoms with Crippen molar-refractivity contribution in [2.75, 3.05) is 11.8 Å². The highest BCUT2D eigenvalue weighted by atomic mass is 35.5. The standard InChI is InChI=1S/C14H10Cl2FNO4S/c1-22-14(19)10-6-8(2-4-11(10)15)18-23(20,21)9-3-5-13(17)12(16)7-9/h2-7,18H,1H3. The topological polar surface area (TPSA) is 72.5 Å². The average Bonchev–Trinajstić information content (AvgIpc) is 2.50. The van der Waals surface area contributed by atoms with Gasteiger partial charge in [0, 0.05) is 5.69 Å². The summed E-state index contributed by atoms with van der Waals surface area (Å²) in [6.45, 7) is 0. The maximum absolute atomic E-state index is 13.1. The van der Waals surface area contributed by atoms with Crippen molar-refractivity contribution in [2.45, 2.75) is 4.90 Å². The highest BCUT2D eigenvalue weighted by Crippen LogP contribution is 2.25. The SMILES string of the molecule is COC(=O)c1cc(NS(=O)(=O)c2ccc(F)c(Cl)c2)ccc1Cl. The van der Waals surface area contributed by atoms with E-state index in [1.165, 1.54) is 25.3 Å². The molecule has 0 saturated heterocycles. The molecule has 0 atom stereocenters. The first kappa shape index (κ1) is 17.5. The fourth-order valence-electron chi connectivity index (χ4n) is 1.71. The smallest absolute Gasteiger partial charge is 0.339 e. The van der Waals surface area contributed by atoms with Gasteiger partial charge in [-0.1, -0.05) is 23.2 Å². The van der Waals surface area contributed by atoms with Crippen LogP contribution in [0.5, 0.6) is 0 Å². The highest BCUT2D eigenvalue weighted by molar-refractivity contribution is 7.92. The molecule has 2 aromatic carbocycles. The number of sulfonamides is 1. The van der Waals surface area contributed by atoms with E-state index in [0.29, 0.717) is 0 Å². The molecule has 23 heavy (non-hydrogen) atoms. The number of carbonyl (C=O) groups excluding carboxylic acids is 1. The van der Waals surface area contributed by atoms with Gasteiger partial charge in [0.1, 0.15) is 5.82 Å². The second-order valence-corrected chi connectivity index (χ2v) is 6.86. The van der Waals surface area contributed by atoms with E-state index < -0.39 is 21.8 Å². The molecule has 0 aromatic heterocycles. The largest absolute Gasteiger partial charge is 0.465 e. The number of rotatable bonds is 4. The summed E-state index contributed by atoms with van der Waals surface area (Å²) in [5, 5.41) is -0.205. The van der Waals surface area contributed by atoms with Gasteiger partial charge in [-0.05, 0) is 36.4 Å². The highest BCUT2D eigenvalue weighted by Gasteiger charge is 2.18. The minimum Gasteiger partial charge on any atom is -0.465 e. The number of halogens is 3. The molecule has 0 aliphatic heterocycles. The van der Waals surface area contributed by atoms with Crippen LogP contribution in [-0.4, -0.2) is 21.5 Å². The van der Waals surface area contributed by atoms with E-state index in [0.717, 1.165) is 18.2 Å². The number of benzene rings is 2. The predicted octanol–water partition coefficient (Wildman–Crippen LogP) is 3.72. The molecule has 0 amide bonds. The number of nitrogens with one attached hydrogen (secondary N) is 1. The van der Waals surface area contributed by atoms with Gasteiger partial charge in [-0.2, -0.15) is 0 Å². The molecule has 0 unspecified atom stereocenters. The van der Waals surface area contributed by atoms with Gasteiger partial charge in [-0.3, -0.25) is 4.72 Å². The Morgan fingerprint density at radius 3 is 2.43 bits per heavy atom. The fraction of sp³-hybridized carbons (Fsp3) is 0.0714. The second kappa shape index (κ2) is 6.74. The van der Waals surface area contributed by atoms with E-state index in [1.54, 1.807) is 0 Å². The van der Waals surface area contributed by atoms with Crippen molar-refractivity contribution in [3.63, 3.8) is 0 Å². The maximum Gasteiger partial charge on any atom is 0.339 e. The second-order valence-electron chi connectivity index (χ2n) is 4.37. The average molecular weight is 378 g/mol. The lowest BCUT2D eigenvalue weighted by Gasteiger charge is -2.10. The van der Waals surface area contributed by atoms with Crippen LogP contribution in [0.2, 0.25) is 10.0 Å². The third-order valence-electron chi connectivity index (χ3n) is 2.83. The minimum atomic E-state index is -4.01. The normalized spacial score (nSPS) is 11.1. The lowest BCUT2D eigenvalue weighted by Crippen LogP contribution is -2.14. The van der Waals surface area contributed by atoms with Crippen molar-refractivity contribution >= 4 is 44.9 Å². The zero-order valence-corrected chi connectivity index (χ0v) is 14.0. The lowest BCUT2D eigenvalue weighted by atomic mass is 10.2. The summed E-state index contributed by atoms with van der Waals surface area (Å²) < 4.78 is 44.5. The molecule has 0 heterocycles. The Hall–Kier alpha value is -1.83. The molecule has 0 saturated carbocycles. The number of hydrogen-bond donors (Lipinski definition) is 1. The van der Waals surface area contributed by atoms with Crippen LogP contribution in [0.3, 0.4) is 0 Å². The van der Waals surface area contributed by atoms with Gasteiger partial charge in [0.25, 0.3) is 10.0 Å². The zero-order chi connectivity index (χ0) is 17.2. The van der Waals surface area contributed by atoms with Gasteiger partial charge in [-0.15, -0.1) is 0 Å². The van der Waals surface area contributed by atoms with Crippen molar-refractivity contribution in [3.8, 4) is 0 Å². The van der Waals surface area contributed by atoms with Crippen molar-refractivity contribution in [1.29, 1.82) is 0 Å². The van der Waals surface area contributed by atoms with E-state index in [9.17, 15) is 17.6 Å². The van der Waals surface area contributed by atoms with Crippen molar-refractivity contribution < 1.29 is 22.3 Å². The Labute approximate surface area is 142 Å². The number of methoxy groups -OCH3 is 1. The van der Waals surface area contributed by atoms with Crippen LogP contribution in [0, 0.1) is 5.82 Å². The molecule has 2 aromatic rings. The van der Waals surface area contributed by atoms with Gasteiger partial charge in [-0.25, -0.2) is 17.6 Å². The van der Waals surface area contributed by atoms with Crippen LogP contribution in [0.1, 0.15) is 10.4 Å². The molecule has 0 fully saturated rings. The summed E-state index contributed by atoms with van der Waals surface area (Å²) >= 11 is 11.4. The molecule has 2 rings (SSSR count). The van der Waals surface area contributed by atoms with Gasteiger partial charge in [0.2, 0.25) is 0 Å². The van der Waals surface area contributed by atoms with E-state index in [1.807, 2.05) is 0 Å². The van der Waals surface area contributed by atoms with Crippen molar-refractivity contribution in [3.05, 3.63) is 57.8 Å². The van der Waals surface area contributed by atoms with E-state index in [-0.39, 0.29) is 26.2 Å². The van der Waals surface area contributed by atoms with Crippen LogP contribution in [0.15, 0.2) is 41.3 Å². The Kier molecular flexibility index (Phi) is 5.13. The number of hydrogen-bond acceptors (Lipinski definition) is 4.